The third kappa shape index (κ3) is 25.1. The summed E-state index contributed by atoms with van der Waals surface area (Å²) in [6.07, 6.45) is 11.0. The zero-order valence-electron chi connectivity index (χ0n) is 40.2. The summed E-state index contributed by atoms with van der Waals surface area (Å²) in [4.78, 5) is 127. The number of carbonyl (C=O) groups is 10. The van der Waals surface area contributed by atoms with Gasteiger partial charge in [-0.2, -0.15) is 0 Å². The van der Waals surface area contributed by atoms with Gasteiger partial charge in [0, 0.05) is 39.9 Å². The number of carboxylic acids is 1. The van der Waals surface area contributed by atoms with Gasteiger partial charge in [-0.3, -0.25) is 53.6 Å². The van der Waals surface area contributed by atoms with Gasteiger partial charge in [0.05, 0.1) is 13.2 Å². The molecule has 1 aliphatic heterocycles. The van der Waals surface area contributed by atoms with E-state index in [2.05, 4.69) is 44.1 Å². The normalized spacial score (nSPS) is 17.7. The number of aliphatic hydroxyl groups is 3. The van der Waals surface area contributed by atoms with E-state index in [-0.39, 0.29) is 58.2 Å². The Morgan fingerprint density at radius 2 is 1.06 bits per heavy atom. The van der Waals surface area contributed by atoms with Crippen molar-refractivity contribution in [2.24, 2.45) is 0 Å². The van der Waals surface area contributed by atoms with Crippen molar-refractivity contribution in [3.05, 3.63) is 0 Å². The molecule has 1 rings (SSSR count). The van der Waals surface area contributed by atoms with E-state index in [1.54, 1.807) is 0 Å². The molecule has 9 amide bonds. The lowest BCUT2D eigenvalue weighted by molar-refractivity contribution is -0.163. The Kier molecular flexibility index (Phi) is 31.0. The van der Waals surface area contributed by atoms with Crippen LogP contribution in [-0.4, -0.2) is 175 Å². The smallest absolute Gasteiger partial charge is 0.326 e. The van der Waals surface area contributed by atoms with Gasteiger partial charge in [-0.25, -0.2) is 14.9 Å². The first kappa shape index (κ1) is 61.5. The van der Waals surface area contributed by atoms with Crippen molar-refractivity contribution < 1.29 is 78.8 Å². The van der Waals surface area contributed by atoms with Crippen LogP contribution < -0.4 is 37.2 Å². The van der Waals surface area contributed by atoms with Crippen molar-refractivity contribution in [1.29, 1.82) is 0 Å². The van der Waals surface area contributed by atoms with E-state index in [0.717, 1.165) is 46.0 Å². The molecule has 1 heterocycles. The summed E-state index contributed by atoms with van der Waals surface area (Å²) in [5.41, 5.74) is 0. The van der Waals surface area contributed by atoms with Crippen molar-refractivity contribution in [3.8, 4) is 0 Å². The summed E-state index contributed by atoms with van der Waals surface area (Å²) in [6.45, 7) is 1.29. The van der Waals surface area contributed by atoms with E-state index in [1.165, 1.54) is 44.9 Å². The first-order chi connectivity index (χ1) is 32.8. The van der Waals surface area contributed by atoms with Crippen molar-refractivity contribution >= 4 is 59.1 Å². The molecule has 1 fully saturated rings. The number of hydrogen-bond donors (Lipinski definition) is 13. The predicted molar refractivity (Wildman–Crippen MR) is 244 cm³/mol. The molecule has 0 aliphatic carbocycles. The summed E-state index contributed by atoms with van der Waals surface area (Å²) < 4.78 is 0. The lowest BCUT2D eigenvalue weighted by atomic mass is 10.0. The van der Waals surface area contributed by atoms with Crippen molar-refractivity contribution in [1.82, 2.24) is 47.3 Å². The van der Waals surface area contributed by atoms with Gasteiger partial charge in [-0.1, -0.05) is 84.0 Å². The second-order valence-electron chi connectivity index (χ2n) is 17.1. The predicted octanol–water partition coefficient (Wildman–Crippen LogP) is -1.64. The largest absolute Gasteiger partial charge is 0.480 e. The minimum Gasteiger partial charge on any atom is -0.480 e. The SMILES string of the molecule is CCCCCCCCCCCCCCCC(=O)NC1C(=O)NC(C(=O)N[C@H](CO)C(=O)N[C@H](CCCN(O)C(C)=O)C(=O)N[C@@H](CO)C(=O)N[C@@H](CCCN(O)C(C)=O)C(=O)O)CCNC(=O)C1O. The van der Waals surface area contributed by atoms with Gasteiger partial charge in [-0.05, 0) is 38.5 Å². The highest BCUT2D eigenvalue weighted by Gasteiger charge is 2.38. The lowest BCUT2D eigenvalue weighted by Gasteiger charge is -2.26. The fourth-order valence-corrected chi connectivity index (χ4v) is 7.17. The standard InChI is InChI=1S/C44H77N9O16/c1-4-5-6-7-8-9-10-11-12-13-14-15-16-21-35(58)51-36-37(59)43(65)45-23-22-31(47-42(36)64)39(61)50-33(26-54)40(62)46-30(19-17-24-52(68)28(2)56)38(60)49-34(27-55)41(63)48-32(44(66)67)20-18-25-53(69)29(3)57/h30-34,36-37,54-55,59,68-69H,4-27H2,1-3H3,(H,45,65)(H,46,62)(H,47,64)(H,48,63)(H,49,60)(H,50,61)(H,51,58)(H,66,67)/t30-,31?,32+,33-,34+,36?,37?/m1/s1. The second kappa shape index (κ2) is 34.7. The number of aliphatic carboxylic acids is 1. The average molecular weight is 988 g/mol. The molecule has 0 aromatic heterocycles. The van der Waals surface area contributed by atoms with Gasteiger partial charge in [0.15, 0.2) is 6.10 Å². The first-order valence-corrected chi connectivity index (χ1v) is 23.9. The molecule has 0 bridgehead atoms. The topological polar surface area (TPSA) is 383 Å². The average Bonchev–Trinajstić information content (AvgIpc) is 3.35. The molecule has 0 spiro atoms. The molecule has 69 heavy (non-hydrogen) atoms. The van der Waals surface area contributed by atoms with Crippen LogP contribution in [0.25, 0.3) is 0 Å². The van der Waals surface area contributed by atoms with E-state index < -0.39 is 115 Å². The molecule has 1 aliphatic rings. The minimum absolute atomic E-state index is 0.00926. The van der Waals surface area contributed by atoms with Crippen molar-refractivity contribution in [3.63, 3.8) is 0 Å². The van der Waals surface area contributed by atoms with Gasteiger partial charge in [0.2, 0.25) is 47.3 Å². The van der Waals surface area contributed by atoms with E-state index in [9.17, 15) is 78.8 Å². The molecule has 25 heteroatoms. The summed E-state index contributed by atoms with van der Waals surface area (Å²) in [7, 11) is 0. The number of hydroxylamine groups is 4. The Hall–Kier alpha value is -5.50. The molecule has 0 aromatic rings. The van der Waals surface area contributed by atoms with E-state index in [1.807, 2.05) is 0 Å². The maximum atomic E-state index is 13.5. The molecule has 0 aromatic carbocycles. The number of nitrogens with one attached hydrogen (secondary N) is 7. The molecule has 1 saturated heterocycles. The number of carboxylic acid groups (broad SMARTS) is 1. The Bertz CT molecular complexity index is 1670. The highest BCUT2D eigenvalue weighted by Crippen LogP contribution is 2.14. The van der Waals surface area contributed by atoms with Crippen LogP contribution in [0.2, 0.25) is 0 Å². The third-order valence-electron chi connectivity index (χ3n) is 11.4. The Labute approximate surface area is 402 Å². The summed E-state index contributed by atoms with van der Waals surface area (Å²) in [5, 5.41) is 76.4. The molecule has 7 atom stereocenters. The van der Waals surface area contributed by atoms with Crippen LogP contribution in [0.5, 0.6) is 0 Å². The highest BCUT2D eigenvalue weighted by molar-refractivity contribution is 5.99. The number of carbonyl (C=O) groups excluding carboxylic acids is 9. The molecule has 25 nitrogen and oxygen atoms in total. The van der Waals surface area contributed by atoms with E-state index in [0.29, 0.717) is 16.5 Å². The number of unbranched alkanes of at least 4 members (excludes halogenated alkanes) is 12. The van der Waals surface area contributed by atoms with Crippen LogP contribution in [0.15, 0.2) is 0 Å². The summed E-state index contributed by atoms with van der Waals surface area (Å²) in [6, 6.07) is -10.1. The van der Waals surface area contributed by atoms with Crippen LogP contribution >= 0.6 is 0 Å². The Morgan fingerprint density at radius 1 is 0.623 bits per heavy atom. The van der Waals surface area contributed by atoms with Gasteiger partial charge in [0.1, 0.15) is 36.3 Å². The maximum absolute atomic E-state index is 13.5. The second-order valence-corrected chi connectivity index (χ2v) is 17.1. The van der Waals surface area contributed by atoms with Gasteiger partial charge in [0.25, 0.3) is 5.91 Å². The van der Waals surface area contributed by atoms with E-state index in [4.69, 9.17) is 0 Å². The monoisotopic (exact) mass is 988 g/mol. The Balaban J connectivity index is 2.98. The van der Waals surface area contributed by atoms with E-state index >= 15 is 0 Å². The molecule has 13 N–H and O–H groups in total. The van der Waals surface area contributed by atoms with Crippen molar-refractivity contribution in [2.75, 3.05) is 32.8 Å². The number of rotatable bonds is 34. The fraction of sp³-hybridized carbons (Fsp3) is 0.773. The zero-order chi connectivity index (χ0) is 51.9. The quantitative estimate of drug-likeness (QED) is 0.0195. The van der Waals surface area contributed by atoms with Gasteiger partial charge >= 0.3 is 5.97 Å². The van der Waals surface area contributed by atoms with Gasteiger partial charge in [-0.15, -0.1) is 0 Å². The van der Waals surface area contributed by atoms with Gasteiger partial charge < -0.3 is 57.6 Å². The van der Waals surface area contributed by atoms with Crippen LogP contribution in [0.4, 0.5) is 0 Å². The molecular formula is C44H77N9O16. The minimum atomic E-state index is -2.03. The van der Waals surface area contributed by atoms with Crippen LogP contribution in [0, 0.1) is 0 Å². The maximum Gasteiger partial charge on any atom is 0.326 e. The first-order valence-electron chi connectivity index (χ1n) is 23.9. The molecule has 0 radical (unpaired) electrons. The molecule has 394 valence electrons. The summed E-state index contributed by atoms with van der Waals surface area (Å²) >= 11 is 0. The molecule has 0 saturated carbocycles. The van der Waals surface area contributed by atoms with Crippen molar-refractivity contribution in [2.45, 2.75) is 185 Å². The molecular weight excluding hydrogens is 911 g/mol. The Morgan fingerprint density at radius 3 is 1.54 bits per heavy atom. The van der Waals surface area contributed by atoms with Crippen LogP contribution in [-0.2, 0) is 47.9 Å². The number of hydrogen-bond acceptors (Lipinski definition) is 15. The van der Waals surface area contributed by atoms with Crippen LogP contribution in [0.3, 0.4) is 0 Å². The van der Waals surface area contributed by atoms with Crippen LogP contribution in [0.1, 0.15) is 143 Å². The number of nitrogens with zero attached hydrogens (tertiary/aromatic N) is 2. The summed E-state index contributed by atoms with van der Waals surface area (Å²) in [5.74, 6) is -10.2. The highest BCUT2D eigenvalue weighted by atomic mass is 16.5. The lowest BCUT2D eigenvalue weighted by Crippen LogP contribution is -2.61. The number of amides is 9. The number of aliphatic hydroxyl groups excluding tert-OH is 3. The third-order valence-corrected chi connectivity index (χ3v) is 11.4. The zero-order valence-corrected chi connectivity index (χ0v) is 40.2. The fourth-order valence-electron chi connectivity index (χ4n) is 7.17. The molecule has 3 unspecified atom stereocenters.